The van der Waals surface area contributed by atoms with E-state index in [4.69, 9.17) is 9.84 Å². The molecule has 1 saturated carbocycles. The minimum atomic E-state index is 0.193. The molecule has 2 nitrogen and oxygen atoms in total. The van der Waals surface area contributed by atoms with Crippen LogP contribution in [0.3, 0.4) is 0 Å². The van der Waals surface area contributed by atoms with E-state index in [2.05, 4.69) is 31.2 Å². The number of hydrogen-bond donors (Lipinski definition) is 1. The molecule has 0 spiro atoms. The first kappa shape index (κ1) is 13.4. The van der Waals surface area contributed by atoms with Crippen molar-refractivity contribution < 1.29 is 9.84 Å². The number of aliphatic hydroxyl groups excluding tert-OH is 1. The fourth-order valence-electron chi connectivity index (χ4n) is 2.68. The summed E-state index contributed by atoms with van der Waals surface area (Å²) in [6, 6.07) is 8.53. The van der Waals surface area contributed by atoms with Crippen LogP contribution < -0.4 is 4.74 Å². The SMILES string of the molecule is C[C@H]1CC[C@H](c2ccc(OCCCO)cc2)CC1. The summed E-state index contributed by atoms with van der Waals surface area (Å²) in [5.41, 5.74) is 1.46. The lowest BCUT2D eigenvalue weighted by atomic mass is 9.79. The van der Waals surface area contributed by atoms with E-state index < -0.39 is 0 Å². The second kappa shape index (κ2) is 6.79. The van der Waals surface area contributed by atoms with Crippen molar-refractivity contribution in [2.45, 2.75) is 44.9 Å². The molecule has 18 heavy (non-hydrogen) atoms. The first-order valence-electron chi connectivity index (χ1n) is 7.13. The topological polar surface area (TPSA) is 29.5 Å². The molecule has 2 heteroatoms. The summed E-state index contributed by atoms with van der Waals surface area (Å²) in [5, 5.41) is 8.70. The molecule has 0 bridgehead atoms. The lowest BCUT2D eigenvalue weighted by molar-refractivity contribution is 0.233. The average molecular weight is 248 g/mol. The molecule has 1 aliphatic carbocycles. The van der Waals surface area contributed by atoms with Crippen molar-refractivity contribution in [3.05, 3.63) is 29.8 Å². The zero-order valence-corrected chi connectivity index (χ0v) is 11.3. The Morgan fingerprint density at radius 1 is 1.11 bits per heavy atom. The molecule has 0 saturated heterocycles. The van der Waals surface area contributed by atoms with E-state index in [1.54, 1.807) is 0 Å². The van der Waals surface area contributed by atoms with Crippen molar-refractivity contribution in [2.24, 2.45) is 5.92 Å². The molecule has 100 valence electrons. The predicted octanol–water partition coefficient (Wildman–Crippen LogP) is 3.74. The fraction of sp³-hybridized carbons (Fsp3) is 0.625. The van der Waals surface area contributed by atoms with Crippen LogP contribution >= 0.6 is 0 Å². The van der Waals surface area contributed by atoms with Crippen LogP contribution in [0.4, 0.5) is 0 Å². The van der Waals surface area contributed by atoms with Gasteiger partial charge < -0.3 is 9.84 Å². The molecule has 0 radical (unpaired) electrons. The van der Waals surface area contributed by atoms with Crippen LogP contribution in [0.15, 0.2) is 24.3 Å². The summed E-state index contributed by atoms with van der Waals surface area (Å²) in [4.78, 5) is 0. The minimum Gasteiger partial charge on any atom is -0.494 e. The Morgan fingerprint density at radius 2 is 1.78 bits per heavy atom. The molecule has 0 amide bonds. The quantitative estimate of drug-likeness (QED) is 0.804. The summed E-state index contributed by atoms with van der Waals surface area (Å²) in [5.74, 6) is 2.56. The van der Waals surface area contributed by atoms with Crippen LogP contribution in [0.5, 0.6) is 5.75 Å². The zero-order valence-electron chi connectivity index (χ0n) is 11.3. The van der Waals surface area contributed by atoms with Gasteiger partial charge >= 0.3 is 0 Å². The van der Waals surface area contributed by atoms with Gasteiger partial charge in [-0.1, -0.05) is 31.9 Å². The van der Waals surface area contributed by atoms with Crippen LogP contribution in [0.2, 0.25) is 0 Å². The molecule has 0 unspecified atom stereocenters. The Balaban J connectivity index is 1.87. The van der Waals surface area contributed by atoms with Gasteiger partial charge in [0.15, 0.2) is 0 Å². The summed E-state index contributed by atoms with van der Waals surface area (Å²) >= 11 is 0. The van der Waals surface area contributed by atoms with Crippen LogP contribution in [-0.2, 0) is 0 Å². The predicted molar refractivity (Wildman–Crippen MR) is 74.0 cm³/mol. The molecule has 1 aromatic rings. The number of hydrogen-bond acceptors (Lipinski definition) is 2. The van der Waals surface area contributed by atoms with Crippen molar-refractivity contribution >= 4 is 0 Å². The highest BCUT2D eigenvalue weighted by atomic mass is 16.5. The molecule has 1 fully saturated rings. The standard InChI is InChI=1S/C16H24O2/c1-13-3-5-14(6-4-13)15-7-9-16(10-8-15)18-12-2-11-17/h7-10,13-14,17H,2-6,11-12H2,1H3/t13-,14-. The Kier molecular flexibility index (Phi) is 5.06. The molecule has 0 heterocycles. The Bertz CT molecular complexity index is 337. The molecule has 2 rings (SSSR count). The average Bonchev–Trinajstić information content (AvgIpc) is 2.41. The highest BCUT2D eigenvalue weighted by molar-refractivity contribution is 5.29. The minimum absolute atomic E-state index is 0.193. The van der Waals surface area contributed by atoms with Crippen LogP contribution in [0, 0.1) is 5.92 Å². The first-order valence-corrected chi connectivity index (χ1v) is 7.13. The van der Waals surface area contributed by atoms with Crippen LogP contribution in [-0.4, -0.2) is 18.3 Å². The third-order valence-corrected chi connectivity index (χ3v) is 3.94. The summed E-state index contributed by atoms with van der Waals surface area (Å²) in [6.07, 6.45) is 6.07. The maximum Gasteiger partial charge on any atom is 0.119 e. The van der Waals surface area contributed by atoms with Crippen molar-refractivity contribution in [1.82, 2.24) is 0 Å². The Labute approximate surface area is 110 Å². The van der Waals surface area contributed by atoms with Gasteiger partial charge in [0.25, 0.3) is 0 Å². The van der Waals surface area contributed by atoms with Gasteiger partial charge in [0, 0.05) is 13.0 Å². The van der Waals surface area contributed by atoms with E-state index in [1.165, 1.54) is 31.2 Å². The van der Waals surface area contributed by atoms with Gasteiger partial charge in [0.2, 0.25) is 0 Å². The van der Waals surface area contributed by atoms with E-state index in [9.17, 15) is 0 Å². The second-order valence-corrected chi connectivity index (χ2v) is 5.45. The summed E-state index contributed by atoms with van der Waals surface area (Å²) < 4.78 is 5.55. The van der Waals surface area contributed by atoms with Gasteiger partial charge in [-0.25, -0.2) is 0 Å². The van der Waals surface area contributed by atoms with Gasteiger partial charge in [-0.15, -0.1) is 0 Å². The van der Waals surface area contributed by atoms with Crippen molar-refractivity contribution in [3.8, 4) is 5.75 Å². The van der Waals surface area contributed by atoms with Gasteiger partial charge in [-0.05, 0) is 42.4 Å². The smallest absolute Gasteiger partial charge is 0.119 e. The summed E-state index contributed by atoms with van der Waals surface area (Å²) in [6.45, 7) is 3.14. The van der Waals surface area contributed by atoms with Gasteiger partial charge in [0.1, 0.15) is 5.75 Å². The fourth-order valence-corrected chi connectivity index (χ4v) is 2.68. The molecule has 0 atom stereocenters. The van der Waals surface area contributed by atoms with Crippen molar-refractivity contribution in [2.75, 3.05) is 13.2 Å². The molecule has 1 N–H and O–H groups in total. The van der Waals surface area contributed by atoms with Crippen molar-refractivity contribution in [3.63, 3.8) is 0 Å². The third kappa shape index (κ3) is 3.74. The monoisotopic (exact) mass is 248 g/mol. The maximum atomic E-state index is 8.70. The largest absolute Gasteiger partial charge is 0.494 e. The highest BCUT2D eigenvalue weighted by Crippen LogP contribution is 2.35. The van der Waals surface area contributed by atoms with E-state index in [1.807, 2.05) is 0 Å². The van der Waals surface area contributed by atoms with Crippen LogP contribution in [0.1, 0.15) is 50.5 Å². The summed E-state index contributed by atoms with van der Waals surface area (Å²) in [7, 11) is 0. The normalized spacial score (nSPS) is 23.9. The van der Waals surface area contributed by atoms with E-state index in [0.717, 1.165) is 17.6 Å². The molecule has 0 aliphatic heterocycles. The Hall–Kier alpha value is -1.02. The van der Waals surface area contributed by atoms with Gasteiger partial charge in [0.05, 0.1) is 6.61 Å². The molecular formula is C16H24O2. The lowest BCUT2D eigenvalue weighted by Crippen LogP contribution is -2.10. The van der Waals surface area contributed by atoms with Crippen molar-refractivity contribution in [1.29, 1.82) is 0 Å². The number of benzene rings is 1. The lowest BCUT2D eigenvalue weighted by Gasteiger charge is -2.26. The second-order valence-electron chi connectivity index (χ2n) is 5.45. The maximum absolute atomic E-state index is 8.70. The zero-order chi connectivity index (χ0) is 12.8. The number of aliphatic hydroxyl groups is 1. The van der Waals surface area contributed by atoms with E-state index in [0.29, 0.717) is 13.0 Å². The molecular weight excluding hydrogens is 224 g/mol. The number of rotatable bonds is 5. The Morgan fingerprint density at radius 3 is 2.39 bits per heavy atom. The van der Waals surface area contributed by atoms with Gasteiger partial charge in [-0.2, -0.15) is 0 Å². The van der Waals surface area contributed by atoms with Crippen LogP contribution in [0.25, 0.3) is 0 Å². The highest BCUT2D eigenvalue weighted by Gasteiger charge is 2.19. The van der Waals surface area contributed by atoms with E-state index >= 15 is 0 Å². The van der Waals surface area contributed by atoms with E-state index in [-0.39, 0.29) is 6.61 Å². The third-order valence-electron chi connectivity index (χ3n) is 3.94. The first-order chi connectivity index (χ1) is 8.79. The molecule has 1 aromatic carbocycles. The number of ether oxygens (including phenoxy) is 1. The molecule has 0 aromatic heterocycles. The molecule has 1 aliphatic rings. The van der Waals surface area contributed by atoms with Gasteiger partial charge in [-0.3, -0.25) is 0 Å².